The van der Waals surface area contributed by atoms with E-state index in [2.05, 4.69) is 5.32 Å². The van der Waals surface area contributed by atoms with Gasteiger partial charge in [-0.1, -0.05) is 103 Å². The summed E-state index contributed by atoms with van der Waals surface area (Å²) in [7, 11) is -1.75. The lowest BCUT2D eigenvalue weighted by atomic mass is 9.89. The Kier molecular flexibility index (Phi) is 23.4. The molecule has 3 aromatic carbocycles. The summed E-state index contributed by atoms with van der Waals surface area (Å²) in [6.07, 6.45) is 0.328. The van der Waals surface area contributed by atoms with Crippen molar-refractivity contribution in [2.75, 3.05) is 19.5 Å². The number of methoxy groups -OCH3 is 2. The number of nitrogens with one attached hydrogen (secondary N) is 1. The number of hydrogen-bond donors (Lipinski definition) is 2. The molecule has 0 aromatic heterocycles. The van der Waals surface area contributed by atoms with Crippen LogP contribution in [0.2, 0.25) is 0 Å². The van der Waals surface area contributed by atoms with E-state index in [-0.39, 0.29) is 58.4 Å². The minimum absolute atomic E-state index is 0. The Morgan fingerprint density at radius 2 is 1.25 bits per heavy atom. The van der Waals surface area contributed by atoms with Crippen LogP contribution < -0.4 is 5.32 Å². The summed E-state index contributed by atoms with van der Waals surface area (Å²) in [6, 6.07) is 24.0. The molecule has 3 aromatic rings. The van der Waals surface area contributed by atoms with Crippen molar-refractivity contribution in [1.29, 1.82) is 0 Å². The average Bonchev–Trinajstić information content (AvgIpc) is 2.91. The molecular formula is C33H50FNO8S. The van der Waals surface area contributed by atoms with E-state index in [1.807, 2.05) is 30.3 Å². The van der Waals surface area contributed by atoms with Crippen molar-refractivity contribution in [3.05, 3.63) is 96.1 Å². The molecule has 0 saturated heterocycles. The fraction of sp³-hybridized carbons (Fsp3) is 0.364. The van der Waals surface area contributed by atoms with Crippen molar-refractivity contribution in [3.63, 3.8) is 0 Å². The summed E-state index contributed by atoms with van der Waals surface area (Å²) in [5, 5.41) is 2.39. The standard InChI is InChI=1S/C18H19NO6S.C11H14O2.4CH4.FH/c1-13(20)18(25-2,12-14-8-4-3-5-9-14)17(21)19-15-10-6-7-11-16(15)26(22,23)24;1-9(12)11(13-2)8-10-6-4-3-5-7-10;;;;;/h3-11H,12H2,1-2H3,(H,19,21)(H,22,23,24);3-7,11H,8H2,1-2H3;4*1H4;1H. The van der Waals surface area contributed by atoms with Crippen molar-refractivity contribution in [2.45, 2.75) is 73.0 Å². The Morgan fingerprint density at radius 1 is 0.795 bits per heavy atom. The molecule has 0 aliphatic heterocycles. The average molecular weight is 640 g/mol. The van der Waals surface area contributed by atoms with Crippen LogP contribution >= 0.6 is 0 Å². The Balaban J connectivity index is -0.000000384. The normalized spacial score (nSPS) is 11.8. The molecule has 248 valence electrons. The third-order valence-corrected chi connectivity index (χ3v) is 6.91. The minimum atomic E-state index is -4.55. The lowest BCUT2D eigenvalue weighted by Crippen LogP contribution is -2.52. The van der Waals surface area contributed by atoms with Gasteiger partial charge < -0.3 is 14.8 Å². The highest BCUT2D eigenvalue weighted by molar-refractivity contribution is 7.86. The van der Waals surface area contributed by atoms with E-state index >= 15 is 0 Å². The maximum Gasteiger partial charge on any atom is 0.296 e. The van der Waals surface area contributed by atoms with E-state index in [0.29, 0.717) is 12.0 Å². The van der Waals surface area contributed by atoms with Gasteiger partial charge in [0.05, 0.1) is 5.69 Å². The van der Waals surface area contributed by atoms with Gasteiger partial charge in [0.25, 0.3) is 16.0 Å². The predicted octanol–water partition coefficient (Wildman–Crippen LogP) is 6.62. The number of anilines is 1. The van der Waals surface area contributed by atoms with Gasteiger partial charge in [0.1, 0.15) is 11.0 Å². The molecule has 0 fully saturated rings. The summed E-state index contributed by atoms with van der Waals surface area (Å²) in [4.78, 5) is 35.7. The lowest BCUT2D eigenvalue weighted by molar-refractivity contribution is -0.151. The Labute approximate surface area is 263 Å². The smallest absolute Gasteiger partial charge is 0.296 e. The molecule has 0 radical (unpaired) electrons. The van der Waals surface area contributed by atoms with E-state index in [1.165, 1.54) is 32.2 Å². The molecule has 0 aliphatic carbocycles. The number of hydrogen-bond acceptors (Lipinski definition) is 7. The monoisotopic (exact) mass is 639 g/mol. The SMILES string of the molecule is C.C.C.C.COC(Cc1ccccc1)(C(C)=O)C(=O)Nc1ccccc1S(=O)(=O)O.COC(Cc1ccccc1)C(C)=O.F. The van der Waals surface area contributed by atoms with Gasteiger partial charge in [-0.15, -0.1) is 0 Å². The number of amides is 1. The molecule has 0 heterocycles. The van der Waals surface area contributed by atoms with E-state index in [4.69, 9.17) is 9.47 Å². The number of para-hydroxylation sites is 1. The highest BCUT2D eigenvalue weighted by Gasteiger charge is 2.44. The first-order valence-corrected chi connectivity index (χ1v) is 13.4. The Bertz CT molecular complexity index is 1370. The van der Waals surface area contributed by atoms with Crippen molar-refractivity contribution >= 4 is 33.3 Å². The van der Waals surface area contributed by atoms with Gasteiger partial charge in [-0.25, -0.2) is 0 Å². The predicted molar refractivity (Wildman–Crippen MR) is 177 cm³/mol. The number of halogens is 1. The van der Waals surface area contributed by atoms with Gasteiger partial charge in [0.2, 0.25) is 5.60 Å². The van der Waals surface area contributed by atoms with E-state index < -0.39 is 32.3 Å². The van der Waals surface area contributed by atoms with Crippen molar-refractivity contribution in [1.82, 2.24) is 0 Å². The largest absolute Gasteiger partial charge is 0.373 e. The number of ether oxygens (including phenoxy) is 2. The van der Waals surface area contributed by atoms with Crippen LogP contribution in [0.25, 0.3) is 0 Å². The quantitative estimate of drug-likeness (QED) is 0.177. The summed E-state index contributed by atoms with van der Waals surface area (Å²) >= 11 is 0. The molecule has 44 heavy (non-hydrogen) atoms. The van der Waals surface area contributed by atoms with Gasteiger partial charge in [-0.05, 0) is 37.1 Å². The van der Waals surface area contributed by atoms with Crippen LogP contribution in [0.15, 0.2) is 89.8 Å². The summed E-state index contributed by atoms with van der Waals surface area (Å²) < 4.78 is 42.6. The number of rotatable bonds is 11. The molecule has 1 amide bonds. The van der Waals surface area contributed by atoms with Crippen LogP contribution in [0, 0.1) is 0 Å². The number of ketones is 2. The molecular weight excluding hydrogens is 589 g/mol. The van der Waals surface area contributed by atoms with Crippen molar-refractivity contribution < 1.29 is 41.5 Å². The van der Waals surface area contributed by atoms with Crippen LogP contribution in [-0.4, -0.2) is 56.4 Å². The molecule has 11 heteroatoms. The molecule has 2 atom stereocenters. The first kappa shape index (κ1) is 47.2. The third kappa shape index (κ3) is 13.3. The first-order valence-electron chi connectivity index (χ1n) is 12.0. The van der Waals surface area contributed by atoms with Crippen LogP contribution in [0.3, 0.4) is 0 Å². The number of benzene rings is 3. The van der Waals surface area contributed by atoms with E-state index in [1.54, 1.807) is 44.4 Å². The van der Waals surface area contributed by atoms with Gasteiger partial charge in [-0.2, -0.15) is 8.42 Å². The molecule has 0 bridgehead atoms. The fourth-order valence-corrected chi connectivity index (χ4v) is 4.44. The number of carbonyl (C=O) groups is 3. The maximum absolute atomic E-state index is 12.9. The highest BCUT2D eigenvalue weighted by atomic mass is 32.2. The second-order valence-corrected chi connectivity index (χ2v) is 10.1. The lowest BCUT2D eigenvalue weighted by Gasteiger charge is -2.29. The summed E-state index contributed by atoms with van der Waals surface area (Å²) in [5.41, 5.74) is -0.156. The second-order valence-electron chi connectivity index (χ2n) is 8.70. The zero-order valence-electron chi connectivity index (χ0n) is 22.7. The number of carbonyl (C=O) groups excluding carboxylic acids is 3. The Morgan fingerprint density at radius 3 is 1.66 bits per heavy atom. The topological polar surface area (TPSA) is 136 Å². The molecule has 0 saturated carbocycles. The first-order chi connectivity index (χ1) is 18.4. The van der Waals surface area contributed by atoms with Gasteiger partial charge in [0, 0.05) is 27.1 Å². The van der Waals surface area contributed by atoms with Crippen LogP contribution in [0.5, 0.6) is 0 Å². The molecule has 2 N–H and O–H groups in total. The number of Topliss-reactive ketones (excluding diaryl/α,β-unsaturated/α-hetero) is 2. The zero-order chi connectivity index (χ0) is 29.1. The van der Waals surface area contributed by atoms with Gasteiger partial charge >= 0.3 is 0 Å². The summed E-state index contributed by atoms with van der Waals surface area (Å²) in [5.74, 6) is -1.29. The molecule has 0 aliphatic rings. The summed E-state index contributed by atoms with van der Waals surface area (Å²) in [6.45, 7) is 2.78. The fourth-order valence-electron chi connectivity index (χ4n) is 3.80. The molecule has 9 nitrogen and oxygen atoms in total. The molecule has 3 rings (SSSR count). The highest BCUT2D eigenvalue weighted by Crippen LogP contribution is 2.25. The van der Waals surface area contributed by atoms with Crippen LogP contribution in [0.1, 0.15) is 54.7 Å². The Hall–Kier alpha value is -3.77. The van der Waals surface area contributed by atoms with Gasteiger partial charge in [0.15, 0.2) is 11.6 Å². The third-order valence-electron chi connectivity index (χ3n) is 5.99. The van der Waals surface area contributed by atoms with Crippen LogP contribution in [-0.2, 0) is 46.8 Å². The van der Waals surface area contributed by atoms with E-state index in [0.717, 1.165) is 11.6 Å². The second kappa shape index (κ2) is 21.8. The van der Waals surface area contributed by atoms with Crippen molar-refractivity contribution in [2.24, 2.45) is 0 Å². The van der Waals surface area contributed by atoms with Crippen molar-refractivity contribution in [3.8, 4) is 0 Å². The maximum atomic E-state index is 12.9. The molecule has 0 spiro atoms. The van der Waals surface area contributed by atoms with E-state index in [9.17, 15) is 27.4 Å². The minimum Gasteiger partial charge on any atom is -0.373 e. The zero-order valence-corrected chi connectivity index (χ0v) is 23.5. The molecule has 2 unspecified atom stereocenters. The van der Waals surface area contributed by atoms with Crippen LogP contribution in [0.4, 0.5) is 10.4 Å². The van der Waals surface area contributed by atoms with Gasteiger partial charge in [-0.3, -0.25) is 23.6 Å².